The van der Waals surface area contributed by atoms with E-state index in [0.717, 1.165) is 23.7 Å². The van der Waals surface area contributed by atoms with Gasteiger partial charge in [0.15, 0.2) is 0 Å². The first kappa shape index (κ1) is 15.2. The first-order chi connectivity index (χ1) is 10.3. The predicted octanol–water partition coefficient (Wildman–Crippen LogP) is 3.80. The van der Waals surface area contributed by atoms with Crippen LogP contribution in [0.15, 0.2) is 47.1 Å². The maximum Gasteiger partial charge on any atom is 0.224 e. The summed E-state index contributed by atoms with van der Waals surface area (Å²) in [4.78, 5) is 11.8. The van der Waals surface area contributed by atoms with Crippen molar-refractivity contribution < 1.29 is 9.21 Å². The minimum absolute atomic E-state index is 0.0244. The molecule has 1 N–H and O–H groups in total. The Labute approximate surface area is 128 Å². The number of thioether (sulfide) groups is 1. The number of nitrogens with zero attached hydrogens (tertiary/aromatic N) is 1. The van der Waals surface area contributed by atoms with Crippen LogP contribution in [0.25, 0.3) is 0 Å². The quantitative estimate of drug-likeness (QED) is 0.790. The number of nitrogens with one attached hydrogen (secondary N) is 1. The lowest BCUT2D eigenvalue weighted by Crippen LogP contribution is -2.11. The first-order valence-electron chi connectivity index (χ1n) is 6.68. The number of amides is 1. The monoisotopic (exact) mass is 300 g/mol. The third-order valence-corrected chi connectivity index (χ3v) is 3.86. The van der Waals surface area contributed by atoms with Crippen LogP contribution in [0, 0.1) is 11.3 Å². The summed E-state index contributed by atoms with van der Waals surface area (Å²) in [6.45, 7) is 0. The van der Waals surface area contributed by atoms with E-state index in [1.807, 2.05) is 12.1 Å². The summed E-state index contributed by atoms with van der Waals surface area (Å²) in [5, 5.41) is 11.6. The number of carbonyl (C=O) groups excluding carboxylic acids is 1. The molecule has 1 aromatic carbocycles. The van der Waals surface area contributed by atoms with E-state index in [-0.39, 0.29) is 5.91 Å². The summed E-state index contributed by atoms with van der Waals surface area (Å²) in [7, 11) is 0. The first-order valence-corrected chi connectivity index (χ1v) is 7.83. The number of hydrogen-bond donors (Lipinski definition) is 1. The largest absolute Gasteiger partial charge is 0.468 e. The van der Waals surface area contributed by atoms with E-state index in [1.54, 1.807) is 42.3 Å². The fourth-order valence-corrected chi connectivity index (χ4v) is 2.65. The van der Waals surface area contributed by atoms with E-state index >= 15 is 0 Å². The van der Waals surface area contributed by atoms with Crippen molar-refractivity contribution in [3.63, 3.8) is 0 Å². The summed E-state index contributed by atoms with van der Waals surface area (Å²) in [6, 6.07) is 12.8. The van der Waals surface area contributed by atoms with Crippen LogP contribution in [0.5, 0.6) is 0 Å². The molecule has 0 fully saturated rings. The van der Waals surface area contributed by atoms with Gasteiger partial charge in [0.1, 0.15) is 5.76 Å². The smallest absolute Gasteiger partial charge is 0.224 e. The summed E-state index contributed by atoms with van der Waals surface area (Å²) in [5.74, 6) is 2.67. The highest BCUT2D eigenvalue weighted by Crippen LogP contribution is 2.15. The number of rotatable bonds is 7. The van der Waals surface area contributed by atoms with Crippen molar-refractivity contribution in [3.8, 4) is 6.07 Å². The molecule has 0 aliphatic rings. The number of anilines is 1. The summed E-state index contributed by atoms with van der Waals surface area (Å²) in [6.07, 6.45) is 2.95. The summed E-state index contributed by atoms with van der Waals surface area (Å²) >= 11 is 1.75. The van der Waals surface area contributed by atoms with Crippen molar-refractivity contribution in [2.24, 2.45) is 0 Å². The number of furan rings is 1. The lowest BCUT2D eigenvalue weighted by Gasteiger charge is -2.05. The second kappa shape index (κ2) is 8.18. The molecule has 0 saturated carbocycles. The Hall–Kier alpha value is -2.19. The van der Waals surface area contributed by atoms with Crippen LogP contribution in [0.3, 0.4) is 0 Å². The molecule has 0 atom stereocenters. The Bertz CT molecular complexity index is 617. The van der Waals surface area contributed by atoms with Gasteiger partial charge in [-0.15, -0.1) is 0 Å². The van der Waals surface area contributed by atoms with Crippen molar-refractivity contribution in [3.05, 3.63) is 54.0 Å². The van der Waals surface area contributed by atoms with E-state index in [9.17, 15) is 4.79 Å². The van der Waals surface area contributed by atoms with Crippen LogP contribution >= 0.6 is 11.8 Å². The zero-order valence-corrected chi connectivity index (χ0v) is 12.4. The Morgan fingerprint density at radius 2 is 2.24 bits per heavy atom. The molecule has 5 heteroatoms. The Morgan fingerprint density at radius 3 is 3.00 bits per heavy atom. The van der Waals surface area contributed by atoms with E-state index in [0.29, 0.717) is 17.7 Å². The average Bonchev–Trinajstić information content (AvgIpc) is 3.00. The Balaban J connectivity index is 1.64. The molecule has 0 radical (unpaired) electrons. The van der Waals surface area contributed by atoms with Gasteiger partial charge in [0, 0.05) is 12.1 Å². The Morgan fingerprint density at radius 1 is 1.33 bits per heavy atom. The summed E-state index contributed by atoms with van der Waals surface area (Å²) in [5.41, 5.74) is 1.21. The van der Waals surface area contributed by atoms with Gasteiger partial charge in [-0.05, 0) is 42.5 Å². The highest BCUT2D eigenvalue weighted by Gasteiger charge is 2.03. The van der Waals surface area contributed by atoms with Crippen LogP contribution < -0.4 is 5.32 Å². The standard InChI is InChI=1S/C16H16N2O2S/c17-11-13-4-1-5-14(10-13)18-16(19)7-3-9-21-12-15-6-2-8-20-15/h1-2,4-6,8,10H,3,7,9,12H2,(H,18,19). The van der Waals surface area contributed by atoms with Crippen LogP contribution in [0.1, 0.15) is 24.2 Å². The maximum atomic E-state index is 11.8. The van der Waals surface area contributed by atoms with Crippen LogP contribution in [-0.4, -0.2) is 11.7 Å². The van der Waals surface area contributed by atoms with Gasteiger partial charge in [-0.25, -0.2) is 0 Å². The van der Waals surface area contributed by atoms with Gasteiger partial charge in [-0.3, -0.25) is 4.79 Å². The molecule has 0 aliphatic heterocycles. The molecule has 0 aliphatic carbocycles. The Kier molecular flexibility index (Phi) is 5.92. The number of carbonyl (C=O) groups is 1. The zero-order valence-electron chi connectivity index (χ0n) is 11.5. The molecule has 0 spiro atoms. The molecule has 0 saturated heterocycles. The van der Waals surface area contributed by atoms with Gasteiger partial charge in [-0.1, -0.05) is 6.07 Å². The van der Waals surface area contributed by atoms with Crippen molar-refractivity contribution in [2.45, 2.75) is 18.6 Å². The summed E-state index contributed by atoms with van der Waals surface area (Å²) < 4.78 is 5.24. The topological polar surface area (TPSA) is 66.0 Å². The molecule has 1 aromatic heterocycles. The number of hydrogen-bond acceptors (Lipinski definition) is 4. The van der Waals surface area contributed by atoms with Crippen molar-refractivity contribution in [1.82, 2.24) is 0 Å². The van der Waals surface area contributed by atoms with E-state index < -0.39 is 0 Å². The van der Waals surface area contributed by atoms with Crippen molar-refractivity contribution in [1.29, 1.82) is 5.26 Å². The SMILES string of the molecule is N#Cc1cccc(NC(=O)CCCSCc2ccco2)c1. The minimum Gasteiger partial charge on any atom is -0.468 e. The molecule has 2 rings (SSSR count). The van der Waals surface area contributed by atoms with Crippen LogP contribution in [0.2, 0.25) is 0 Å². The zero-order chi connectivity index (χ0) is 14.9. The molecule has 108 valence electrons. The second-order valence-electron chi connectivity index (χ2n) is 4.48. The van der Waals surface area contributed by atoms with Gasteiger partial charge in [0.2, 0.25) is 5.91 Å². The van der Waals surface area contributed by atoms with Crippen molar-refractivity contribution >= 4 is 23.4 Å². The molecule has 21 heavy (non-hydrogen) atoms. The van der Waals surface area contributed by atoms with E-state index in [4.69, 9.17) is 9.68 Å². The van der Waals surface area contributed by atoms with Crippen LogP contribution in [-0.2, 0) is 10.5 Å². The van der Waals surface area contributed by atoms with E-state index in [1.165, 1.54) is 0 Å². The number of nitriles is 1. The second-order valence-corrected chi connectivity index (χ2v) is 5.58. The molecular weight excluding hydrogens is 284 g/mol. The van der Waals surface area contributed by atoms with Gasteiger partial charge in [-0.2, -0.15) is 17.0 Å². The third kappa shape index (κ3) is 5.36. The average molecular weight is 300 g/mol. The lowest BCUT2D eigenvalue weighted by molar-refractivity contribution is -0.116. The number of benzene rings is 1. The van der Waals surface area contributed by atoms with Crippen molar-refractivity contribution in [2.75, 3.05) is 11.1 Å². The van der Waals surface area contributed by atoms with Crippen LogP contribution in [0.4, 0.5) is 5.69 Å². The highest BCUT2D eigenvalue weighted by molar-refractivity contribution is 7.98. The van der Waals surface area contributed by atoms with Gasteiger partial charge >= 0.3 is 0 Å². The minimum atomic E-state index is -0.0244. The predicted molar refractivity (Wildman–Crippen MR) is 83.9 cm³/mol. The van der Waals surface area contributed by atoms with Gasteiger partial charge in [0.25, 0.3) is 0 Å². The molecule has 4 nitrogen and oxygen atoms in total. The fraction of sp³-hybridized carbons (Fsp3) is 0.250. The molecule has 0 unspecified atom stereocenters. The third-order valence-electron chi connectivity index (χ3n) is 2.79. The van der Waals surface area contributed by atoms with E-state index in [2.05, 4.69) is 11.4 Å². The maximum absolute atomic E-state index is 11.8. The lowest BCUT2D eigenvalue weighted by atomic mass is 10.2. The molecule has 1 amide bonds. The molecular formula is C16H16N2O2S. The molecule has 1 heterocycles. The fourth-order valence-electron chi connectivity index (χ4n) is 1.79. The van der Waals surface area contributed by atoms with Gasteiger partial charge in [0.05, 0.1) is 23.6 Å². The highest BCUT2D eigenvalue weighted by atomic mass is 32.2. The molecule has 0 bridgehead atoms. The molecule has 2 aromatic rings. The normalized spacial score (nSPS) is 10.0. The van der Waals surface area contributed by atoms with Gasteiger partial charge < -0.3 is 9.73 Å².